The van der Waals surface area contributed by atoms with Gasteiger partial charge in [-0.25, -0.2) is 4.68 Å². The number of fused-ring (bicyclic) bond motifs is 1. The van der Waals surface area contributed by atoms with E-state index in [1.54, 1.807) is 12.1 Å². The molecule has 1 heterocycles. The van der Waals surface area contributed by atoms with Crippen LogP contribution in [0.2, 0.25) is 0 Å². The number of hydrogen-bond donors (Lipinski definition) is 1. The highest BCUT2D eigenvalue weighted by atomic mass is 32.2. The van der Waals surface area contributed by atoms with Crippen LogP contribution in [-0.2, 0) is 6.42 Å². The minimum atomic E-state index is -0.394. The maximum atomic E-state index is 11.0. The van der Waals surface area contributed by atoms with E-state index in [2.05, 4.69) is 34.5 Å². The van der Waals surface area contributed by atoms with E-state index >= 15 is 0 Å². The first-order valence-corrected chi connectivity index (χ1v) is 9.98. The molecule has 7 nitrogen and oxygen atoms in total. The van der Waals surface area contributed by atoms with Gasteiger partial charge in [-0.05, 0) is 28.8 Å². The summed E-state index contributed by atoms with van der Waals surface area (Å²) in [5, 5.41) is 22.3. The van der Waals surface area contributed by atoms with Crippen molar-refractivity contribution >= 4 is 28.2 Å². The fourth-order valence-electron chi connectivity index (χ4n) is 3.24. The van der Waals surface area contributed by atoms with E-state index in [-0.39, 0.29) is 10.9 Å². The summed E-state index contributed by atoms with van der Waals surface area (Å²) < 4.78 is 1.50. The van der Waals surface area contributed by atoms with Gasteiger partial charge >= 0.3 is 0 Å². The Morgan fingerprint density at radius 2 is 1.86 bits per heavy atom. The molecule has 4 aromatic rings. The number of nitro groups is 1. The van der Waals surface area contributed by atoms with E-state index < -0.39 is 4.92 Å². The van der Waals surface area contributed by atoms with Gasteiger partial charge in [-0.15, -0.1) is 10.2 Å². The van der Waals surface area contributed by atoms with Crippen molar-refractivity contribution in [1.29, 1.82) is 0 Å². The van der Waals surface area contributed by atoms with Crippen molar-refractivity contribution in [2.24, 2.45) is 0 Å². The molecule has 0 bridgehead atoms. The maximum absolute atomic E-state index is 11.0. The third-order valence-corrected chi connectivity index (χ3v) is 5.91. The summed E-state index contributed by atoms with van der Waals surface area (Å²) in [5.41, 5.74) is 2.04. The Morgan fingerprint density at radius 1 is 1.10 bits per heavy atom. The van der Waals surface area contributed by atoms with Crippen LogP contribution in [0.25, 0.3) is 10.8 Å². The molecule has 0 saturated carbocycles. The fourth-order valence-corrected chi connectivity index (χ4v) is 4.15. The number of nitrogens with two attached hydrogens (primary N) is 1. The first-order chi connectivity index (χ1) is 14.0. The second-order valence-corrected chi connectivity index (χ2v) is 8.00. The summed E-state index contributed by atoms with van der Waals surface area (Å²) >= 11 is 1.42. The number of non-ortho nitro benzene ring substituents is 1. The number of nitro benzene ring substituents is 1. The summed E-state index contributed by atoms with van der Waals surface area (Å²) in [7, 11) is 0. The zero-order chi connectivity index (χ0) is 20.4. The van der Waals surface area contributed by atoms with Gasteiger partial charge < -0.3 is 5.84 Å². The van der Waals surface area contributed by atoms with Gasteiger partial charge in [0.2, 0.25) is 5.16 Å². The minimum Gasteiger partial charge on any atom is -0.336 e. The van der Waals surface area contributed by atoms with Gasteiger partial charge in [0.05, 0.1) is 4.92 Å². The molecule has 4 rings (SSSR count). The Morgan fingerprint density at radius 3 is 2.69 bits per heavy atom. The molecule has 0 saturated heterocycles. The molecule has 0 aliphatic heterocycles. The maximum Gasteiger partial charge on any atom is 0.269 e. The van der Waals surface area contributed by atoms with E-state index in [0.717, 1.165) is 16.5 Å². The molecule has 0 aliphatic rings. The van der Waals surface area contributed by atoms with Crippen LogP contribution in [0.1, 0.15) is 29.1 Å². The number of hydrogen-bond acceptors (Lipinski definition) is 6. The molecule has 3 aromatic carbocycles. The van der Waals surface area contributed by atoms with Crippen molar-refractivity contribution in [3.8, 4) is 0 Å². The molecule has 2 N–H and O–H groups in total. The third kappa shape index (κ3) is 3.93. The molecule has 1 atom stereocenters. The number of nitrogens with zero attached hydrogens (tertiary/aromatic N) is 4. The van der Waals surface area contributed by atoms with Crippen LogP contribution < -0.4 is 5.84 Å². The zero-order valence-electron chi connectivity index (χ0n) is 15.7. The first kappa shape index (κ1) is 18.9. The van der Waals surface area contributed by atoms with E-state index in [0.29, 0.717) is 17.4 Å². The summed E-state index contributed by atoms with van der Waals surface area (Å²) in [6.45, 7) is 1.96. The van der Waals surface area contributed by atoms with Crippen LogP contribution in [0.4, 0.5) is 5.69 Å². The predicted molar refractivity (Wildman–Crippen MR) is 114 cm³/mol. The highest BCUT2D eigenvalue weighted by Gasteiger charge is 2.17. The van der Waals surface area contributed by atoms with Gasteiger partial charge in [0.25, 0.3) is 5.69 Å². The van der Waals surface area contributed by atoms with E-state index in [1.165, 1.54) is 27.9 Å². The van der Waals surface area contributed by atoms with Gasteiger partial charge in [0.15, 0.2) is 5.82 Å². The largest absolute Gasteiger partial charge is 0.336 e. The minimum absolute atomic E-state index is 0.0631. The fraction of sp³-hybridized carbons (Fsp3) is 0.143. The lowest BCUT2D eigenvalue weighted by molar-refractivity contribution is -0.384. The Labute approximate surface area is 171 Å². The molecular weight excluding hydrogens is 386 g/mol. The quantitative estimate of drug-likeness (QED) is 0.219. The van der Waals surface area contributed by atoms with Crippen LogP contribution in [0.15, 0.2) is 71.9 Å². The zero-order valence-corrected chi connectivity index (χ0v) is 16.5. The normalized spacial score (nSPS) is 12.2. The van der Waals surface area contributed by atoms with Crippen LogP contribution in [-0.4, -0.2) is 19.8 Å². The van der Waals surface area contributed by atoms with Crippen LogP contribution >= 0.6 is 11.8 Å². The first-order valence-electron chi connectivity index (χ1n) is 9.10. The third-order valence-electron chi connectivity index (χ3n) is 4.80. The van der Waals surface area contributed by atoms with Crippen LogP contribution in [0.5, 0.6) is 0 Å². The molecule has 29 heavy (non-hydrogen) atoms. The number of thioether (sulfide) groups is 1. The van der Waals surface area contributed by atoms with E-state index in [4.69, 9.17) is 5.84 Å². The Kier molecular flexibility index (Phi) is 5.18. The van der Waals surface area contributed by atoms with Crippen molar-refractivity contribution in [1.82, 2.24) is 14.9 Å². The van der Waals surface area contributed by atoms with Crippen LogP contribution in [0.3, 0.4) is 0 Å². The lowest BCUT2D eigenvalue weighted by Crippen LogP contribution is -2.14. The molecule has 0 unspecified atom stereocenters. The van der Waals surface area contributed by atoms with Crippen molar-refractivity contribution in [2.45, 2.75) is 23.8 Å². The summed E-state index contributed by atoms with van der Waals surface area (Å²) in [6, 6.07) is 21.0. The average Bonchev–Trinajstić information content (AvgIpc) is 3.07. The van der Waals surface area contributed by atoms with Gasteiger partial charge in [0.1, 0.15) is 0 Å². The predicted octanol–water partition coefficient (Wildman–Crippen LogP) is 4.50. The molecule has 146 valence electrons. The molecule has 8 heteroatoms. The van der Waals surface area contributed by atoms with Gasteiger partial charge in [0, 0.05) is 23.8 Å². The summed E-state index contributed by atoms with van der Waals surface area (Å²) in [6.07, 6.45) is 0.566. The Bertz CT molecular complexity index is 1190. The van der Waals surface area contributed by atoms with Crippen molar-refractivity contribution in [3.05, 3.63) is 93.8 Å². The molecular formula is C21H19N5O2S. The SMILES string of the molecule is C[C@H](Sc1nnc(Cc2cccc3ccccc23)n1N)c1cccc([N+](=O)[O-])c1. The second kappa shape index (κ2) is 7.92. The standard InChI is InChI=1S/C21H19N5O2S/c1-14(16-8-5-10-18(12-16)26(27)28)29-21-24-23-20(25(21)22)13-17-9-4-7-15-6-2-3-11-19(15)17/h2-12,14H,13,22H2,1H3/t14-/m0/s1. The van der Waals surface area contributed by atoms with Crippen molar-refractivity contribution < 1.29 is 4.92 Å². The van der Waals surface area contributed by atoms with Crippen molar-refractivity contribution in [3.63, 3.8) is 0 Å². The summed E-state index contributed by atoms with van der Waals surface area (Å²) in [4.78, 5) is 10.6. The van der Waals surface area contributed by atoms with Gasteiger partial charge in [-0.1, -0.05) is 66.4 Å². The average molecular weight is 405 g/mol. The van der Waals surface area contributed by atoms with Gasteiger partial charge in [-0.3, -0.25) is 10.1 Å². The highest BCUT2D eigenvalue weighted by Crippen LogP contribution is 2.34. The lowest BCUT2D eigenvalue weighted by atomic mass is 10.0. The molecule has 1 aromatic heterocycles. The van der Waals surface area contributed by atoms with E-state index in [9.17, 15) is 10.1 Å². The topological polar surface area (TPSA) is 99.9 Å². The number of rotatable bonds is 6. The molecule has 0 radical (unpaired) electrons. The summed E-state index contributed by atoms with van der Waals surface area (Å²) in [5.74, 6) is 6.92. The highest BCUT2D eigenvalue weighted by molar-refractivity contribution is 7.99. The van der Waals surface area contributed by atoms with Gasteiger partial charge in [-0.2, -0.15) is 0 Å². The monoisotopic (exact) mass is 405 g/mol. The lowest BCUT2D eigenvalue weighted by Gasteiger charge is -2.11. The number of nitrogen functional groups attached to an aromatic ring is 1. The second-order valence-electron chi connectivity index (χ2n) is 6.70. The molecule has 0 amide bonds. The van der Waals surface area contributed by atoms with Crippen molar-refractivity contribution in [2.75, 3.05) is 5.84 Å². The smallest absolute Gasteiger partial charge is 0.269 e. The number of benzene rings is 3. The molecule has 0 aliphatic carbocycles. The number of aromatic nitrogens is 3. The van der Waals surface area contributed by atoms with E-state index in [1.807, 2.05) is 31.2 Å². The Hall–Kier alpha value is -3.39. The van der Waals surface area contributed by atoms with Crippen LogP contribution in [0, 0.1) is 10.1 Å². The Balaban J connectivity index is 1.56. The molecule has 0 spiro atoms. The molecule has 0 fully saturated rings.